The number of aromatic hydroxyl groups is 2. The van der Waals surface area contributed by atoms with E-state index in [0.29, 0.717) is 30.5 Å². The molecule has 0 radical (unpaired) electrons. The van der Waals surface area contributed by atoms with Crippen LogP contribution in [0.15, 0.2) is 12.1 Å². The molecule has 0 amide bonds. The molecule has 2 bridgehead atoms. The number of Topliss-reactive ketones (excluding diaryl/α,β-unsaturated/α-hetero) is 1. The van der Waals surface area contributed by atoms with Crippen LogP contribution in [0.3, 0.4) is 0 Å². The molecule has 0 aliphatic heterocycles. The second-order valence-corrected chi connectivity index (χ2v) is 6.84. The van der Waals surface area contributed by atoms with Crippen LogP contribution in [-0.2, 0) is 16.6 Å². The molecule has 106 valence electrons. The van der Waals surface area contributed by atoms with Crippen LogP contribution >= 0.6 is 0 Å². The van der Waals surface area contributed by atoms with Gasteiger partial charge in [-0.15, -0.1) is 0 Å². The number of hydrogen-bond donors (Lipinski definition) is 2. The van der Waals surface area contributed by atoms with Gasteiger partial charge in [-0.3, -0.25) is 4.79 Å². The fourth-order valence-corrected chi connectivity index (χ4v) is 5.28. The Morgan fingerprint density at radius 1 is 1.20 bits per heavy atom. The van der Waals surface area contributed by atoms with Gasteiger partial charge in [0, 0.05) is 23.8 Å². The Kier molecular flexibility index (Phi) is 2.45. The lowest BCUT2D eigenvalue weighted by Gasteiger charge is -2.55. The second kappa shape index (κ2) is 4.00. The highest BCUT2D eigenvalue weighted by Crippen LogP contribution is 2.60. The molecular weight excluding hydrogens is 252 g/mol. The number of ketones is 1. The number of benzene rings is 1. The Morgan fingerprint density at radius 2 is 2.05 bits per heavy atom. The van der Waals surface area contributed by atoms with Gasteiger partial charge in [-0.05, 0) is 49.1 Å². The van der Waals surface area contributed by atoms with Crippen LogP contribution in [0.25, 0.3) is 0 Å². The zero-order chi connectivity index (χ0) is 13.9. The van der Waals surface area contributed by atoms with E-state index >= 15 is 0 Å². The molecule has 3 aliphatic carbocycles. The molecule has 4 rings (SSSR count). The standard InChI is InChI=1S/C17H20O3/c18-12-4-5-13-10-2-1-7-17(13,9-12)15-11(8-10)3-6-14(19)16(15)20/h3,6,10,13,19-20H,1-2,4-5,7-9H2. The second-order valence-electron chi connectivity index (χ2n) is 6.84. The fraction of sp³-hybridized carbons (Fsp3) is 0.588. The predicted molar refractivity (Wildman–Crippen MR) is 74.8 cm³/mol. The van der Waals surface area contributed by atoms with Gasteiger partial charge in [0.05, 0.1) is 0 Å². The number of carbonyl (C=O) groups excluding carboxylic acids is 1. The summed E-state index contributed by atoms with van der Waals surface area (Å²) in [5.74, 6) is 1.46. The van der Waals surface area contributed by atoms with Crippen molar-refractivity contribution < 1.29 is 15.0 Å². The van der Waals surface area contributed by atoms with Crippen molar-refractivity contribution in [2.45, 2.75) is 50.4 Å². The monoisotopic (exact) mass is 272 g/mol. The third kappa shape index (κ3) is 1.44. The molecule has 0 aromatic heterocycles. The summed E-state index contributed by atoms with van der Waals surface area (Å²) in [6, 6.07) is 3.53. The highest BCUT2D eigenvalue weighted by Gasteiger charge is 2.54. The summed E-state index contributed by atoms with van der Waals surface area (Å²) in [7, 11) is 0. The molecule has 2 fully saturated rings. The first-order valence-electron chi connectivity index (χ1n) is 7.68. The van der Waals surface area contributed by atoms with E-state index in [1.807, 2.05) is 6.07 Å². The average Bonchev–Trinajstić information content (AvgIpc) is 2.41. The summed E-state index contributed by atoms with van der Waals surface area (Å²) in [4.78, 5) is 12.1. The van der Waals surface area contributed by atoms with Crippen molar-refractivity contribution in [1.82, 2.24) is 0 Å². The predicted octanol–water partition coefficient (Wildman–Crippen LogP) is 3.06. The van der Waals surface area contributed by atoms with Gasteiger partial charge < -0.3 is 10.2 Å². The minimum atomic E-state index is -0.200. The van der Waals surface area contributed by atoms with Gasteiger partial charge in [-0.25, -0.2) is 0 Å². The Bertz CT molecular complexity index is 592. The maximum Gasteiger partial charge on any atom is 0.161 e. The number of phenols is 2. The van der Waals surface area contributed by atoms with Crippen LogP contribution in [0.5, 0.6) is 11.5 Å². The SMILES string of the molecule is O=C1CCC2C3CCCC2(C1)c1c(ccc(O)c1O)C3. The summed E-state index contributed by atoms with van der Waals surface area (Å²) in [6.45, 7) is 0. The van der Waals surface area contributed by atoms with Gasteiger partial charge in [0.2, 0.25) is 0 Å². The highest BCUT2D eigenvalue weighted by molar-refractivity contribution is 5.82. The molecular formula is C17H20O3. The van der Waals surface area contributed by atoms with Gasteiger partial charge in [0.25, 0.3) is 0 Å². The van der Waals surface area contributed by atoms with Crippen LogP contribution in [0.4, 0.5) is 0 Å². The van der Waals surface area contributed by atoms with Gasteiger partial charge in [-0.1, -0.05) is 12.5 Å². The van der Waals surface area contributed by atoms with Gasteiger partial charge >= 0.3 is 0 Å². The van der Waals surface area contributed by atoms with E-state index in [4.69, 9.17) is 0 Å². The number of rotatable bonds is 0. The van der Waals surface area contributed by atoms with Crippen LogP contribution in [0.2, 0.25) is 0 Å². The zero-order valence-corrected chi connectivity index (χ0v) is 11.6. The molecule has 3 heteroatoms. The lowest BCUT2D eigenvalue weighted by molar-refractivity contribution is -0.125. The molecule has 2 N–H and O–H groups in total. The van der Waals surface area contributed by atoms with Crippen LogP contribution in [0.1, 0.15) is 49.7 Å². The lowest BCUT2D eigenvalue weighted by atomic mass is 9.48. The third-order valence-electron chi connectivity index (χ3n) is 5.95. The van der Waals surface area contributed by atoms with Crippen LogP contribution < -0.4 is 0 Å². The van der Waals surface area contributed by atoms with Crippen molar-refractivity contribution in [2.75, 3.05) is 0 Å². The molecule has 1 aromatic carbocycles. The first-order chi connectivity index (χ1) is 9.62. The van der Waals surface area contributed by atoms with Gasteiger partial charge in [-0.2, -0.15) is 0 Å². The van der Waals surface area contributed by atoms with E-state index in [-0.39, 0.29) is 16.9 Å². The quantitative estimate of drug-likeness (QED) is 0.714. The van der Waals surface area contributed by atoms with Crippen molar-refractivity contribution in [2.24, 2.45) is 11.8 Å². The molecule has 20 heavy (non-hydrogen) atoms. The molecule has 3 atom stereocenters. The largest absolute Gasteiger partial charge is 0.504 e. The van der Waals surface area contributed by atoms with Gasteiger partial charge in [0.15, 0.2) is 11.5 Å². The van der Waals surface area contributed by atoms with E-state index in [1.54, 1.807) is 6.07 Å². The van der Waals surface area contributed by atoms with Crippen molar-refractivity contribution in [3.63, 3.8) is 0 Å². The normalized spacial score (nSPS) is 35.3. The average molecular weight is 272 g/mol. The summed E-state index contributed by atoms with van der Waals surface area (Å²) < 4.78 is 0. The number of fused-ring (bicyclic) bond motifs is 1. The summed E-state index contributed by atoms with van der Waals surface area (Å²) in [6.07, 6.45) is 6.53. The molecule has 0 spiro atoms. The molecule has 1 aromatic rings. The summed E-state index contributed by atoms with van der Waals surface area (Å²) >= 11 is 0. The lowest BCUT2D eigenvalue weighted by Crippen LogP contribution is -2.51. The topological polar surface area (TPSA) is 57.5 Å². The van der Waals surface area contributed by atoms with E-state index < -0.39 is 0 Å². The van der Waals surface area contributed by atoms with Crippen LogP contribution in [-0.4, -0.2) is 16.0 Å². The smallest absolute Gasteiger partial charge is 0.161 e. The maximum absolute atomic E-state index is 12.1. The van der Waals surface area contributed by atoms with E-state index in [1.165, 1.54) is 6.42 Å². The Labute approximate surface area is 118 Å². The minimum absolute atomic E-state index is 0.0301. The number of phenolic OH excluding ortho intramolecular Hbond substituents is 2. The van der Waals surface area contributed by atoms with Gasteiger partial charge in [0.1, 0.15) is 5.78 Å². The zero-order valence-electron chi connectivity index (χ0n) is 11.6. The number of hydrogen-bond acceptors (Lipinski definition) is 3. The molecule has 2 saturated carbocycles. The summed E-state index contributed by atoms with van der Waals surface area (Å²) in [5, 5.41) is 20.3. The fourth-order valence-electron chi connectivity index (χ4n) is 5.28. The Hall–Kier alpha value is -1.51. The Balaban J connectivity index is 1.97. The molecule has 3 unspecified atom stereocenters. The Morgan fingerprint density at radius 3 is 2.90 bits per heavy atom. The minimum Gasteiger partial charge on any atom is -0.504 e. The first kappa shape index (κ1) is 12.2. The van der Waals surface area contributed by atoms with Crippen molar-refractivity contribution in [3.8, 4) is 11.5 Å². The van der Waals surface area contributed by atoms with Crippen molar-refractivity contribution in [3.05, 3.63) is 23.3 Å². The highest BCUT2D eigenvalue weighted by atomic mass is 16.3. The van der Waals surface area contributed by atoms with E-state index in [0.717, 1.165) is 36.8 Å². The van der Waals surface area contributed by atoms with E-state index in [2.05, 4.69) is 0 Å². The van der Waals surface area contributed by atoms with E-state index in [9.17, 15) is 15.0 Å². The molecule has 3 nitrogen and oxygen atoms in total. The molecule has 0 heterocycles. The third-order valence-corrected chi connectivity index (χ3v) is 5.95. The molecule has 0 saturated heterocycles. The molecule has 3 aliphatic rings. The summed E-state index contributed by atoms with van der Waals surface area (Å²) in [5.41, 5.74) is 1.84. The maximum atomic E-state index is 12.1. The first-order valence-corrected chi connectivity index (χ1v) is 7.68. The van der Waals surface area contributed by atoms with Crippen molar-refractivity contribution in [1.29, 1.82) is 0 Å². The van der Waals surface area contributed by atoms with Crippen LogP contribution in [0, 0.1) is 11.8 Å². The number of carbonyl (C=O) groups is 1. The van der Waals surface area contributed by atoms with Crippen molar-refractivity contribution >= 4 is 5.78 Å².